The molecule has 2 N–H and O–H groups in total. The Labute approximate surface area is 166 Å². The first kappa shape index (κ1) is 17.7. The second-order valence-electron chi connectivity index (χ2n) is 11.5. The number of ketones is 1. The van der Waals surface area contributed by atoms with E-state index in [1.54, 1.807) is 0 Å². The summed E-state index contributed by atoms with van der Waals surface area (Å²) in [6.07, 6.45) is 8.65. The van der Waals surface area contributed by atoms with E-state index in [2.05, 4.69) is 13.8 Å². The molecule has 0 bridgehead atoms. The molecule has 152 valence electrons. The molecule has 5 saturated carbocycles. The molecule has 0 aliphatic heterocycles. The standard InChI is InChI=1S/C24H32O4/c1-22-6-3-12(25)9-17(22)13-10-14(13)20-16(22)4-7-23(2)21(20)15-11-18(15)24(23,28)8-5-19(26)27/h9,13-16,18,20-21,28H,3-8,10-11H2,1-2H3,(H,26,27). The molecule has 0 aromatic carbocycles. The summed E-state index contributed by atoms with van der Waals surface area (Å²) in [7, 11) is 0. The zero-order valence-electron chi connectivity index (χ0n) is 17.0. The van der Waals surface area contributed by atoms with Crippen LogP contribution in [-0.2, 0) is 9.59 Å². The van der Waals surface area contributed by atoms with E-state index in [4.69, 9.17) is 0 Å². The van der Waals surface area contributed by atoms with Crippen LogP contribution in [0.5, 0.6) is 0 Å². The van der Waals surface area contributed by atoms with E-state index >= 15 is 0 Å². The van der Waals surface area contributed by atoms with Crippen LogP contribution in [0.25, 0.3) is 0 Å². The Morgan fingerprint density at radius 2 is 1.96 bits per heavy atom. The Hall–Kier alpha value is -1.16. The first-order chi connectivity index (χ1) is 13.2. The summed E-state index contributed by atoms with van der Waals surface area (Å²) >= 11 is 0. The predicted octanol–water partition coefficient (Wildman–Crippen LogP) is 3.83. The normalized spacial score (nSPS) is 57.9. The van der Waals surface area contributed by atoms with Gasteiger partial charge in [-0.3, -0.25) is 9.59 Å². The summed E-state index contributed by atoms with van der Waals surface area (Å²) < 4.78 is 0. The van der Waals surface area contributed by atoms with Crippen LogP contribution >= 0.6 is 0 Å². The molecule has 0 amide bonds. The highest BCUT2D eigenvalue weighted by Crippen LogP contribution is 2.81. The highest BCUT2D eigenvalue weighted by atomic mass is 16.4. The lowest BCUT2D eigenvalue weighted by atomic mass is 9.45. The highest BCUT2D eigenvalue weighted by molar-refractivity contribution is 5.92. The van der Waals surface area contributed by atoms with Crippen LogP contribution in [0.2, 0.25) is 0 Å². The van der Waals surface area contributed by atoms with E-state index in [1.807, 2.05) is 6.08 Å². The number of fused-ring (bicyclic) bond motifs is 10. The molecular weight excluding hydrogens is 352 g/mol. The van der Waals surface area contributed by atoms with Crippen molar-refractivity contribution >= 4 is 11.8 Å². The molecule has 0 saturated heterocycles. The van der Waals surface area contributed by atoms with Crippen molar-refractivity contribution in [2.24, 2.45) is 52.3 Å². The first-order valence-electron chi connectivity index (χ1n) is 11.4. The van der Waals surface area contributed by atoms with Crippen molar-refractivity contribution in [2.45, 2.75) is 70.8 Å². The molecule has 6 aliphatic carbocycles. The van der Waals surface area contributed by atoms with Gasteiger partial charge in [-0.1, -0.05) is 19.4 Å². The number of allylic oxidation sites excluding steroid dienone is 1. The van der Waals surface area contributed by atoms with Crippen LogP contribution < -0.4 is 0 Å². The van der Waals surface area contributed by atoms with Gasteiger partial charge in [0.2, 0.25) is 0 Å². The third-order valence-corrected chi connectivity index (χ3v) is 10.6. The molecule has 28 heavy (non-hydrogen) atoms. The van der Waals surface area contributed by atoms with Gasteiger partial charge < -0.3 is 10.2 Å². The lowest BCUT2D eigenvalue weighted by Crippen LogP contribution is -2.57. The van der Waals surface area contributed by atoms with E-state index < -0.39 is 11.6 Å². The predicted molar refractivity (Wildman–Crippen MR) is 103 cm³/mol. The van der Waals surface area contributed by atoms with E-state index in [9.17, 15) is 19.8 Å². The molecule has 4 nitrogen and oxygen atoms in total. The van der Waals surface area contributed by atoms with Crippen LogP contribution in [0.3, 0.4) is 0 Å². The number of carboxylic acid groups (broad SMARTS) is 1. The fourth-order valence-corrected chi connectivity index (χ4v) is 9.28. The monoisotopic (exact) mass is 384 g/mol. The Morgan fingerprint density at radius 1 is 1.18 bits per heavy atom. The summed E-state index contributed by atoms with van der Waals surface area (Å²) in [6, 6.07) is 0. The molecule has 0 aromatic heterocycles. The van der Waals surface area contributed by atoms with Gasteiger partial charge in [0.15, 0.2) is 5.78 Å². The molecule has 6 aliphatic rings. The summed E-state index contributed by atoms with van der Waals surface area (Å²) in [5, 5.41) is 21.1. The maximum atomic E-state index is 12.1. The molecule has 4 heteroatoms. The fourth-order valence-electron chi connectivity index (χ4n) is 9.28. The molecule has 0 spiro atoms. The van der Waals surface area contributed by atoms with Gasteiger partial charge in [0.25, 0.3) is 0 Å². The van der Waals surface area contributed by atoms with Crippen LogP contribution in [0.1, 0.15) is 65.2 Å². The van der Waals surface area contributed by atoms with Gasteiger partial charge in [-0.2, -0.15) is 0 Å². The highest BCUT2D eigenvalue weighted by Gasteiger charge is 2.78. The van der Waals surface area contributed by atoms with Gasteiger partial charge in [-0.05, 0) is 96.9 Å². The van der Waals surface area contributed by atoms with Crippen molar-refractivity contribution in [1.29, 1.82) is 0 Å². The minimum absolute atomic E-state index is 0.0783. The average molecular weight is 385 g/mol. The van der Waals surface area contributed by atoms with Crippen molar-refractivity contribution in [3.63, 3.8) is 0 Å². The fraction of sp³-hybridized carbons (Fsp3) is 0.833. The Balaban J connectivity index is 1.38. The number of hydrogen-bond donors (Lipinski definition) is 2. The number of carbonyl (C=O) groups is 2. The van der Waals surface area contributed by atoms with Crippen LogP contribution in [0, 0.1) is 52.3 Å². The maximum Gasteiger partial charge on any atom is 0.303 e. The summed E-state index contributed by atoms with van der Waals surface area (Å²) in [5.41, 5.74) is 0.705. The van der Waals surface area contributed by atoms with Crippen molar-refractivity contribution in [1.82, 2.24) is 0 Å². The summed E-state index contributed by atoms with van der Waals surface area (Å²) in [4.78, 5) is 23.4. The van der Waals surface area contributed by atoms with E-state index in [1.165, 1.54) is 12.0 Å². The zero-order valence-corrected chi connectivity index (χ0v) is 17.0. The first-order valence-corrected chi connectivity index (χ1v) is 11.4. The van der Waals surface area contributed by atoms with Gasteiger partial charge in [-0.25, -0.2) is 0 Å². The second-order valence-corrected chi connectivity index (χ2v) is 11.5. The van der Waals surface area contributed by atoms with Crippen molar-refractivity contribution < 1.29 is 19.8 Å². The zero-order chi connectivity index (χ0) is 19.6. The number of carbonyl (C=O) groups excluding carboxylic acids is 1. The third-order valence-electron chi connectivity index (χ3n) is 10.6. The molecule has 5 fully saturated rings. The van der Waals surface area contributed by atoms with Gasteiger partial charge in [0.1, 0.15) is 0 Å². The minimum Gasteiger partial charge on any atom is -0.481 e. The number of carboxylic acids is 1. The number of hydrogen-bond acceptors (Lipinski definition) is 3. The third kappa shape index (κ3) is 1.92. The maximum absolute atomic E-state index is 12.1. The summed E-state index contributed by atoms with van der Waals surface area (Å²) in [5.74, 6) is 3.58. The molecule has 10 atom stereocenters. The van der Waals surface area contributed by atoms with Crippen LogP contribution in [0.15, 0.2) is 11.6 Å². The Bertz CT molecular complexity index is 815. The van der Waals surface area contributed by atoms with Gasteiger partial charge in [0, 0.05) is 12.8 Å². The van der Waals surface area contributed by atoms with E-state index in [-0.39, 0.29) is 17.3 Å². The molecular formula is C24H32O4. The van der Waals surface area contributed by atoms with Crippen molar-refractivity contribution in [3.05, 3.63) is 11.6 Å². The molecule has 10 unspecified atom stereocenters. The molecule has 6 rings (SSSR count). The van der Waals surface area contributed by atoms with Crippen molar-refractivity contribution in [2.75, 3.05) is 0 Å². The SMILES string of the molecule is CC12CCC(=O)C=C1C1CC1C1C2CCC2(C)C1C1CC1C2(O)CCC(=O)O. The van der Waals surface area contributed by atoms with Crippen LogP contribution in [-0.4, -0.2) is 27.6 Å². The molecule has 0 radical (unpaired) electrons. The topological polar surface area (TPSA) is 74.6 Å². The largest absolute Gasteiger partial charge is 0.481 e. The smallest absolute Gasteiger partial charge is 0.303 e. The number of rotatable bonds is 3. The number of aliphatic carboxylic acids is 1. The average Bonchev–Trinajstić information content (AvgIpc) is 3.53. The molecule has 0 aromatic rings. The van der Waals surface area contributed by atoms with E-state index in [0.717, 1.165) is 25.7 Å². The number of aliphatic hydroxyl groups is 1. The lowest BCUT2D eigenvalue weighted by Gasteiger charge is -2.60. The van der Waals surface area contributed by atoms with Gasteiger partial charge in [-0.15, -0.1) is 0 Å². The second kappa shape index (κ2) is 5.11. The quantitative estimate of drug-likeness (QED) is 0.776. The van der Waals surface area contributed by atoms with E-state index in [0.29, 0.717) is 60.1 Å². The van der Waals surface area contributed by atoms with Gasteiger partial charge in [0.05, 0.1) is 5.60 Å². The minimum atomic E-state index is -0.796. The van der Waals surface area contributed by atoms with Crippen LogP contribution in [0.4, 0.5) is 0 Å². The van der Waals surface area contributed by atoms with Crippen molar-refractivity contribution in [3.8, 4) is 0 Å². The Kier molecular flexibility index (Phi) is 3.23. The van der Waals surface area contributed by atoms with Gasteiger partial charge >= 0.3 is 5.97 Å². The Morgan fingerprint density at radius 3 is 2.71 bits per heavy atom. The summed E-state index contributed by atoms with van der Waals surface area (Å²) in [6.45, 7) is 4.72. The lowest BCUT2D eigenvalue weighted by molar-refractivity contribution is -0.160. The molecule has 0 heterocycles.